The predicted octanol–water partition coefficient (Wildman–Crippen LogP) is 2.94. The first-order valence-corrected chi connectivity index (χ1v) is 9.75. The Labute approximate surface area is 152 Å². The number of hydrogen-bond donors (Lipinski definition) is 2. The van der Waals surface area contributed by atoms with E-state index in [-0.39, 0.29) is 0 Å². The molecule has 1 aromatic rings. The molecule has 1 saturated carbocycles. The zero-order valence-corrected chi connectivity index (χ0v) is 16.1. The normalized spacial score (nSPS) is 16.9. The summed E-state index contributed by atoms with van der Waals surface area (Å²) in [5.41, 5.74) is 0. The van der Waals surface area contributed by atoms with Crippen molar-refractivity contribution in [2.45, 2.75) is 71.6 Å². The molecule has 0 amide bonds. The molecular formula is C19H35N5O. The van der Waals surface area contributed by atoms with Crippen molar-refractivity contribution in [2.24, 2.45) is 10.9 Å². The van der Waals surface area contributed by atoms with Crippen molar-refractivity contribution in [2.75, 3.05) is 20.2 Å². The van der Waals surface area contributed by atoms with Crippen LogP contribution in [0.25, 0.3) is 0 Å². The minimum Gasteiger partial charge on any atom is -0.376 e. The molecule has 1 aliphatic carbocycles. The van der Waals surface area contributed by atoms with Gasteiger partial charge in [-0.15, -0.1) is 0 Å². The first kappa shape index (κ1) is 19.8. The number of rotatable bonds is 8. The number of hydrogen-bond acceptors (Lipinski definition) is 3. The van der Waals surface area contributed by atoms with Crippen LogP contribution in [0.3, 0.4) is 0 Å². The van der Waals surface area contributed by atoms with Crippen molar-refractivity contribution in [3.8, 4) is 0 Å². The molecule has 2 N–H and O–H groups in total. The highest BCUT2D eigenvalue weighted by molar-refractivity contribution is 5.79. The molecule has 0 spiro atoms. The number of imidazole rings is 1. The van der Waals surface area contributed by atoms with Crippen LogP contribution in [-0.2, 0) is 17.8 Å². The SMILES string of the molecule is CN=C(NCCOC1CCCCCC1)NCc1nccn1CC(C)C. The summed E-state index contributed by atoms with van der Waals surface area (Å²) in [7, 11) is 1.79. The second-order valence-electron chi connectivity index (χ2n) is 7.23. The molecule has 0 unspecified atom stereocenters. The van der Waals surface area contributed by atoms with Gasteiger partial charge in [0.2, 0.25) is 0 Å². The average Bonchev–Trinajstić information content (AvgIpc) is 2.86. The highest BCUT2D eigenvalue weighted by atomic mass is 16.5. The minimum absolute atomic E-state index is 0.447. The van der Waals surface area contributed by atoms with E-state index in [0.717, 1.165) is 31.5 Å². The van der Waals surface area contributed by atoms with E-state index in [0.29, 0.717) is 18.6 Å². The summed E-state index contributed by atoms with van der Waals surface area (Å²) in [6.07, 6.45) is 12.1. The van der Waals surface area contributed by atoms with Gasteiger partial charge in [0, 0.05) is 32.5 Å². The van der Waals surface area contributed by atoms with Gasteiger partial charge < -0.3 is 19.9 Å². The number of aliphatic imine (C=N–C) groups is 1. The molecular weight excluding hydrogens is 314 g/mol. The van der Waals surface area contributed by atoms with E-state index in [4.69, 9.17) is 4.74 Å². The van der Waals surface area contributed by atoms with Gasteiger partial charge in [-0.1, -0.05) is 39.5 Å². The summed E-state index contributed by atoms with van der Waals surface area (Å²) in [4.78, 5) is 8.71. The Hall–Kier alpha value is -1.56. The van der Waals surface area contributed by atoms with E-state index in [9.17, 15) is 0 Å². The third-order valence-corrected chi connectivity index (χ3v) is 4.55. The fourth-order valence-electron chi connectivity index (χ4n) is 3.25. The van der Waals surface area contributed by atoms with E-state index < -0.39 is 0 Å². The largest absolute Gasteiger partial charge is 0.376 e. The topological polar surface area (TPSA) is 63.5 Å². The van der Waals surface area contributed by atoms with Crippen molar-refractivity contribution < 1.29 is 4.74 Å². The first-order valence-electron chi connectivity index (χ1n) is 9.75. The maximum absolute atomic E-state index is 6.01. The second kappa shape index (κ2) is 11.1. The van der Waals surface area contributed by atoms with Gasteiger partial charge in [0.1, 0.15) is 5.82 Å². The molecule has 0 bridgehead atoms. The van der Waals surface area contributed by atoms with Gasteiger partial charge in [0.15, 0.2) is 5.96 Å². The quantitative estimate of drug-likeness (QED) is 0.328. The molecule has 1 heterocycles. The minimum atomic E-state index is 0.447. The third-order valence-electron chi connectivity index (χ3n) is 4.55. The van der Waals surface area contributed by atoms with E-state index in [2.05, 4.69) is 39.0 Å². The molecule has 0 aliphatic heterocycles. The monoisotopic (exact) mass is 349 g/mol. The zero-order valence-electron chi connectivity index (χ0n) is 16.1. The van der Waals surface area contributed by atoms with Crippen molar-refractivity contribution in [3.63, 3.8) is 0 Å². The Bertz CT molecular complexity index is 504. The molecule has 0 aromatic carbocycles. The Morgan fingerprint density at radius 1 is 1.28 bits per heavy atom. The van der Waals surface area contributed by atoms with Gasteiger partial charge in [0.25, 0.3) is 0 Å². The Kier molecular flexibility index (Phi) is 8.80. The molecule has 1 aliphatic rings. The average molecular weight is 350 g/mol. The number of guanidine groups is 1. The second-order valence-corrected chi connectivity index (χ2v) is 7.23. The summed E-state index contributed by atoms with van der Waals surface area (Å²) < 4.78 is 8.20. The van der Waals surface area contributed by atoms with Crippen molar-refractivity contribution >= 4 is 5.96 Å². The van der Waals surface area contributed by atoms with Crippen LogP contribution in [0.2, 0.25) is 0 Å². The van der Waals surface area contributed by atoms with E-state index in [1.807, 2.05) is 12.4 Å². The maximum Gasteiger partial charge on any atom is 0.191 e. The van der Waals surface area contributed by atoms with Crippen LogP contribution in [0.15, 0.2) is 17.4 Å². The molecule has 0 saturated heterocycles. The molecule has 1 aromatic heterocycles. The van der Waals surface area contributed by atoms with E-state index in [1.54, 1.807) is 7.05 Å². The van der Waals surface area contributed by atoms with Crippen molar-refractivity contribution in [1.82, 2.24) is 20.2 Å². The molecule has 1 fully saturated rings. The molecule has 6 nitrogen and oxygen atoms in total. The van der Waals surface area contributed by atoms with Gasteiger partial charge in [0.05, 0.1) is 19.3 Å². The van der Waals surface area contributed by atoms with Gasteiger partial charge in [-0.05, 0) is 18.8 Å². The molecule has 25 heavy (non-hydrogen) atoms. The van der Waals surface area contributed by atoms with E-state index >= 15 is 0 Å². The fraction of sp³-hybridized carbons (Fsp3) is 0.789. The smallest absolute Gasteiger partial charge is 0.191 e. The van der Waals surface area contributed by atoms with Gasteiger partial charge in [-0.25, -0.2) is 4.98 Å². The lowest BCUT2D eigenvalue weighted by atomic mass is 10.1. The summed E-state index contributed by atoms with van der Waals surface area (Å²) in [5, 5.41) is 6.66. The first-order chi connectivity index (χ1) is 12.2. The van der Waals surface area contributed by atoms with Crippen LogP contribution in [0.4, 0.5) is 0 Å². The van der Waals surface area contributed by atoms with Crippen LogP contribution in [0.1, 0.15) is 58.2 Å². The predicted molar refractivity (Wildman–Crippen MR) is 103 cm³/mol. The fourth-order valence-corrected chi connectivity index (χ4v) is 3.25. The Morgan fingerprint density at radius 3 is 2.72 bits per heavy atom. The summed E-state index contributed by atoms with van der Waals surface area (Å²) in [6.45, 7) is 7.59. The Balaban J connectivity index is 1.66. The number of nitrogens with zero attached hydrogens (tertiary/aromatic N) is 3. The van der Waals surface area contributed by atoms with Gasteiger partial charge in [-0.2, -0.15) is 0 Å². The van der Waals surface area contributed by atoms with Crippen molar-refractivity contribution in [1.29, 1.82) is 0 Å². The lowest BCUT2D eigenvalue weighted by molar-refractivity contribution is 0.0468. The van der Waals surface area contributed by atoms with Gasteiger partial charge in [-0.3, -0.25) is 4.99 Å². The molecule has 0 radical (unpaired) electrons. The van der Waals surface area contributed by atoms with Crippen molar-refractivity contribution in [3.05, 3.63) is 18.2 Å². The molecule has 142 valence electrons. The summed E-state index contributed by atoms with van der Waals surface area (Å²) >= 11 is 0. The number of ether oxygens (including phenoxy) is 1. The number of aromatic nitrogens is 2. The number of nitrogens with one attached hydrogen (secondary N) is 2. The molecule has 0 atom stereocenters. The molecule has 2 rings (SSSR count). The van der Waals surface area contributed by atoms with Crippen LogP contribution >= 0.6 is 0 Å². The lowest BCUT2D eigenvalue weighted by Crippen LogP contribution is -2.39. The van der Waals surface area contributed by atoms with Gasteiger partial charge >= 0.3 is 0 Å². The van der Waals surface area contributed by atoms with E-state index in [1.165, 1.54) is 38.5 Å². The lowest BCUT2D eigenvalue weighted by Gasteiger charge is -2.17. The van der Waals surface area contributed by atoms with Crippen LogP contribution in [-0.4, -0.2) is 41.8 Å². The molecule has 6 heteroatoms. The highest BCUT2D eigenvalue weighted by Gasteiger charge is 2.12. The standard InChI is InChI=1S/C19H35N5O/c1-16(2)15-24-12-10-21-18(24)14-23-19(20-3)22-11-13-25-17-8-6-4-5-7-9-17/h10,12,16-17H,4-9,11,13-15H2,1-3H3,(H2,20,22,23). The maximum atomic E-state index is 6.01. The Morgan fingerprint density at radius 2 is 2.04 bits per heavy atom. The zero-order chi connectivity index (χ0) is 17.9. The van der Waals surface area contributed by atoms with Crippen LogP contribution < -0.4 is 10.6 Å². The summed E-state index contributed by atoms with van der Waals surface area (Å²) in [5.74, 6) is 2.43. The highest BCUT2D eigenvalue weighted by Crippen LogP contribution is 2.19. The van der Waals surface area contributed by atoms with Crippen LogP contribution in [0, 0.1) is 5.92 Å². The third kappa shape index (κ3) is 7.46. The van der Waals surface area contributed by atoms with Crippen LogP contribution in [0.5, 0.6) is 0 Å². The summed E-state index contributed by atoms with van der Waals surface area (Å²) in [6, 6.07) is 0.